The van der Waals surface area contributed by atoms with Crippen molar-refractivity contribution in [3.05, 3.63) is 23.9 Å². The van der Waals surface area contributed by atoms with Gasteiger partial charge in [-0.1, -0.05) is 19.4 Å². The molecule has 0 atom stereocenters. The fourth-order valence-corrected chi connectivity index (χ4v) is 1.04. The van der Waals surface area contributed by atoms with Crippen LogP contribution in [0, 0.1) is 0 Å². The van der Waals surface area contributed by atoms with Crippen LogP contribution in [-0.4, -0.2) is 11.5 Å². The van der Waals surface area contributed by atoms with Crippen LogP contribution in [0.1, 0.15) is 25.3 Å². The summed E-state index contributed by atoms with van der Waals surface area (Å²) in [5.74, 6) is 0.936. The van der Waals surface area contributed by atoms with Gasteiger partial charge in [0.2, 0.25) is 0 Å². The highest BCUT2D eigenvalue weighted by Crippen LogP contribution is 2.04. The molecule has 1 heterocycles. The van der Waals surface area contributed by atoms with Gasteiger partial charge in [-0.15, -0.1) is 0 Å². The summed E-state index contributed by atoms with van der Waals surface area (Å²) in [6.07, 6.45) is 4.20. The van der Waals surface area contributed by atoms with Crippen molar-refractivity contribution in [1.29, 1.82) is 0 Å². The quantitative estimate of drug-likeness (QED) is 0.677. The third-order valence-corrected chi connectivity index (χ3v) is 1.90. The molecule has 3 nitrogen and oxygen atoms in total. The second kappa shape index (κ2) is 5.54. The molecule has 0 saturated carbocycles. The van der Waals surface area contributed by atoms with Gasteiger partial charge in [0.1, 0.15) is 5.82 Å². The fraction of sp³-hybridized carbons (Fsp3) is 0.500. The number of rotatable bonds is 5. The van der Waals surface area contributed by atoms with Crippen LogP contribution in [0.5, 0.6) is 0 Å². The summed E-state index contributed by atoms with van der Waals surface area (Å²) in [5.41, 5.74) is 6.53. The predicted molar refractivity (Wildman–Crippen MR) is 55.5 cm³/mol. The van der Waals surface area contributed by atoms with E-state index in [2.05, 4.69) is 17.2 Å². The van der Waals surface area contributed by atoms with Crippen molar-refractivity contribution in [2.24, 2.45) is 5.73 Å². The Bertz CT molecular complexity index is 230. The number of nitrogens with zero attached hydrogens (tertiary/aromatic N) is 1. The number of aromatic nitrogens is 1. The Kier molecular flexibility index (Phi) is 4.26. The molecule has 0 unspecified atom stereocenters. The zero-order chi connectivity index (χ0) is 9.52. The average Bonchev–Trinajstić information content (AvgIpc) is 2.19. The van der Waals surface area contributed by atoms with E-state index in [9.17, 15) is 0 Å². The maximum atomic E-state index is 5.46. The van der Waals surface area contributed by atoms with Crippen molar-refractivity contribution in [2.45, 2.75) is 26.3 Å². The second-order valence-corrected chi connectivity index (χ2v) is 3.04. The molecule has 0 aliphatic heterocycles. The molecule has 0 fully saturated rings. The van der Waals surface area contributed by atoms with Crippen molar-refractivity contribution in [2.75, 3.05) is 11.9 Å². The van der Waals surface area contributed by atoms with E-state index < -0.39 is 0 Å². The highest BCUT2D eigenvalue weighted by Gasteiger charge is 1.92. The molecule has 72 valence electrons. The molecule has 0 saturated heterocycles. The van der Waals surface area contributed by atoms with Crippen molar-refractivity contribution < 1.29 is 0 Å². The molecule has 0 aromatic carbocycles. The normalized spacial score (nSPS) is 10.0. The van der Waals surface area contributed by atoms with Crippen LogP contribution >= 0.6 is 0 Å². The zero-order valence-electron chi connectivity index (χ0n) is 8.09. The first kappa shape index (κ1) is 9.99. The predicted octanol–water partition coefficient (Wildman–Crippen LogP) is 1.75. The largest absolute Gasteiger partial charge is 0.370 e. The van der Waals surface area contributed by atoms with Crippen LogP contribution in [0.3, 0.4) is 0 Å². The molecule has 0 aliphatic rings. The SMILES string of the molecule is CCCCNc1ccc(CN)cn1. The highest BCUT2D eigenvalue weighted by molar-refractivity contribution is 5.35. The molecule has 3 heteroatoms. The van der Waals surface area contributed by atoms with Gasteiger partial charge in [0.15, 0.2) is 0 Å². The second-order valence-electron chi connectivity index (χ2n) is 3.04. The third kappa shape index (κ3) is 3.42. The maximum absolute atomic E-state index is 5.46. The number of pyridine rings is 1. The van der Waals surface area contributed by atoms with Crippen molar-refractivity contribution >= 4 is 5.82 Å². The summed E-state index contributed by atoms with van der Waals surface area (Å²) in [6.45, 7) is 3.72. The highest BCUT2D eigenvalue weighted by atomic mass is 15.0. The number of hydrogen-bond donors (Lipinski definition) is 2. The summed E-state index contributed by atoms with van der Waals surface area (Å²) in [7, 11) is 0. The Labute approximate surface area is 79.4 Å². The Morgan fingerprint density at radius 1 is 1.46 bits per heavy atom. The van der Waals surface area contributed by atoms with E-state index >= 15 is 0 Å². The van der Waals surface area contributed by atoms with E-state index in [0.717, 1.165) is 17.9 Å². The minimum absolute atomic E-state index is 0.558. The Morgan fingerprint density at radius 3 is 2.85 bits per heavy atom. The summed E-state index contributed by atoms with van der Waals surface area (Å²) in [6, 6.07) is 3.97. The van der Waals surface area contributed by atoms with Crippen LogP contribution in [-0.2, 0) is 6.54 Å². The standard InChI is InChI=1S/C10H17N3/c1-2-3-6-12-10-5-4-9(7-11)8-13-10/h4-5,8H,2-3,6-7,11H2,1H3,(H,12,13). The van der Waals surface area contributed by atoms with Gasteiger partial charge in [-0.25, -0.2) is 4.98 Å². The van der Waals surface area contributed by atoms with Crippen LogP contribution in [0.25, 0.3) is 0 Å². The minimum Gasteiger partial charge on any atom is -0.370 e. The molecule has 1 aromatic rings. The van der Waals surface area contributed by atoms with Crippen LogP contribution < -0.4 is 11.1 Å². The van der Waals surface area contributed by atoms with E-state index in [1.54, 1.807) is 0 Å². The van der Waals surface area contributed by atoms with E-state index in [1.165, 1.54) is 12.8 Å². The monoisotopic (exact) mass is 179 g/mol. The Morgan fingerprint density at radius 2 is 2.31 bits per heavy atom. The van der Waals surface area contributed by atoms with Crippen LogP contribution in [0.2, 0.25) is 0 Å². The molecular weight excluding hydrogens is 162 g/mol. The van der Waals surface area contributed by atoms with Gasteiger partial charge in [-0.05, 0) is 18.1 Å². The first-order valence-electron chi connectivity index (χ1n) is 4.75. The van der Waals surface area contributed by atoms with Gasteiger partial charge < -0.3 is 11.1 Å². The van der Waals surface area contributed by atoms with Crippen LogP contribution in [0.15, 0.2) is 18.3 Å². The number of nitrogens with two attached hydrogens (primary N) is 1. The number of anilines is 1. The van der Waals surface area contributed by atoms with E-state index in [1.807, 2.05) is 18.3 Å². The molecule has 0 aliphatic carbocycles. The summed E-state index contributed by atoms with van der Waals surface area (Å²) in [4.78, 5) is 4.23. The smallest absolute Gasteiger partial charge is 0.125 e. The third-order valence-electron chi connectivity index (χ3n) is 1.90. The van der Waals surface area contributed by atoms with Gasteiger partial charge in [0.05, 0.1) is 0 Å². The van der Waals surface area contributed by atoms with E-state index in [0.29, 0.717) is 6.54 Å². The average molecular weight is 179 g/mol. The maximum Gasteiger partial charge on any atom is 0.125 e. The first-order chi connectivity index (χ1) is 6.36. The lowest BCUT2D eigenvalue weighted by molar-refractivity contribution is 0.830. The molecule has 13 heavy (non-hydrogen) atoms. The van der Waals surface area contributed by atoms with Gasteiger partial charge >= 0.3 is 0 Å². The molecule has 3 N–H and O–H groups in total. The van der Waals surface area contributed by atoms with Crippen molar-refractivity contribution in [3.8, 4) is 0 Å². The minimum atomic E-state index is 0.558. The van der Waals surface area contributed by atoms with Crippen molar-refractivity contribution in [1.82, 2.24) is 4.98 Å². The topological polar surface area (TPSA) is 50.9 Å². The number of hydrogen-bond acceptors (Lipinski definition) is 3. The Balaban J connectivity index is 2.40. The summed E-state index contributed by atoms with van der Waals surface area (Å²) in [5, 5.41) is 3.24. The van der Waals surface area contributed by atoms with Gasteiger partial charge in [0, 0.05) is 19.3 Å². The van der Waals surface area contributed by atoms with Crippen LogP contribution in [0.4, 0.5) is 5.82 Å². The fourth-order valence-electron chi connectivity index (χ4n) is 1.04. The van der Waals surface area contributed by atoms with E-state index in [4.69, 9.17) is 5.73 Å². The van der Waals surface area contributed by atoms with E-state index in [-0.39, 0.29) is 0 Å². The lowest BCUT2D eigenvalue weighted by Gasteiger charge is -2.04. The van der Waals surface area contributed by atoms with Gasteiger partial charge in [-0.3, -0.25) is 0 Å². The lowest BCUT2D eigenvalue weighted by atomic mass is 10.3. The molecular formula is C10H17N3. The first-order valence-corrected chi connectivity index (χ1v) is 4.75. The molecule has 0 bridgehead atoms. The number of nitrogens with one attached hydrogen (secondary N) is 1. The lowest BCUT2D eigenvalue weighted by Crippen LogP contribution is -2.03. The zero-order valence-corrected chi connectivity index (χ0v) is 8.09. The van der Waals surface area contributed by atoms with Crippen molar-refractivity contribution in [3.63, 3.8) is 0 Å². The van der Waals surface area contributed by atoms with Gasteiger partial charge in [-0.2, -0.15) is 0 Å². The van der Waals surface area contributed by atoms with Gasteiger partial charge in [0.25, 0.3) is 0 Å². The molecule has 1 aromatic heterocycles. The Hall–Kier alpha value is -1.09. The molecule has 1 rings (SSSR count). The number of unbranched alkanes of at least 4 members (excludes halogenated alkanes) is 1. The molecule has 0 radical (unpaired) electrons. The summed E-state index contributed by atoms with van der Waals surface area (Å²) < 4.78 is 0. The molecule has 0 amide bonds. The molecule has 0 spiro atoms. The summed E-state index contributed by atoms with van der Waals surface area (Å²) >= 11 is 0.